The maximum Gasteiger partial charge on any atom is 0.164 e. The first kappa shape index (κ1) is 32.4. The van der Waals surface area contributed by atoms with E-state index >= 15 is 0 Å². The molecule has 12 aromatic rings. The molecule has 0 aliphatic heterocycles. The van der Waals surface area contributed by atoms with Crippen LogP contribution in [0.4, 0.5) is 0 Å². The fourth-order valence-electron chi connectivity index (χ4n) is 9.01. The van der Waals surface area contributed by atoms with E-state index in [4.69, 9.17) is 15.0 Å². The first-order chi connectivity index (χ1) is 28.8. The summed E-state index contributed by atoms with van der Waals surface area (Å²) in [4.78, 5) is 15.0. The number of nitrogens with zero attached hydrogens (tertiary/aromatic N) is 5. The Labute approximate surface area is 333 Å². The Morgan fingerprint density at radius 1 is 0.276 bits per heavy atom. The van der Waals surface area contributed by atoms with E-state index in [9.17, 15) is 0 Å². The predicted molar refractivity (Wildman–Crippen MR) is 240 cm³/mol. The molecular weight excluding hydrogens is 707 g/mol. The molecule has 270 valence electrons. The molecule has 0 saturated heterocycles. The first-order valence-electron chi connectivity index (χ1n) is 19.6. The van der Waals surface area contributed by atoms with Gasteiger partial charge >= 0.3 is 0 Å². The molecule has 0 aliphatic rings. The highest BCUT2D eigenvalue weighted by Crippen LogP contribution is 2.44. The summed E-state index contributed by atoms with van der Waals surface area (Å²) in [6.07, 6.45) is 0. The third-order valence-electron chi connectivity index (χ3n) is 11.5. The van der Waals surface area contributed by atoms with Gasteiger partial charge in [-0.15, -0.1) is 0 Å². The van der Waals surface area contributed by atoms with Crippen molar-refractivity contribution in [2.24, 2.45) is 0 Å². The van der Waals surface area contributed by atoms with Gasteiger partial charge in [0.2, 0.25) is 0 Å². The van der Waals surface area contributed by atoms with Crippen LogP contribution in [0.2, 0.25) is 0 Å². The van der Waals surface area contributed by atoms with Gasteiger partial charge in [0.25, 0.3) is 0 Å². The fourth-order valence-corrected chi connectivity index (χ4v) is 9.01. The van der Waals surface area contributed by atoms with Crippen molar-refractivity contribution in [1.29, 1.82) is 0 Å². The van der Waals surface area contributed by atoms with Crippen LogP contribution in [-0.4, -0.2) is 24.1 Å². The quantitative estimate of drug-likeness (QED) is 0.165. The van der Waals surface area contributed by atoms with Crippen molar-refractivity contribution in [3.05, 3.63) is 200 Å². The van der Waals surface area contributed by atoms with E-state index in [-0.39, 0.29) is 0 Å². The van der Waals surface area contributed by atoms with Gasteiger partial charge in [0.1, 0.15) is 0 Å². The number of aromatic nitrogens is 5. The summed E-state index contributed by atoms with van der Waals surface area (Å²) in [5.74, 6) is 1.92. The lowest BCUT2D eigenvalue weighted by atomic mass is 9.95. The van der Waals surface area contributed by atoms with Crippen LogP contribution in [0.5, 0.6) is 0 Å². The molecule has 0 N–H and O–H groups in total. The first-order valence-corrected chi connectivity index (χ1v) is 19.6. The van der Waals surface area contributed by atoms with E-state index < -0.39 is 0 Å². The summed E-state index contributed by atoms with van der Waals surface area (Å²) in [5, 5.41) is 9.97. The van der Waals surface area contributed by atoms with Gasteiger partial charge in [-0.25, -0.2) is 15.0 Å². The molecule has 0 amide bonds. The van der Waals surface area contributed by atoms with Crippen LogP contribution in [0, 0.1) is 0 Å². The van der Waals surface area contributed by atoms with Crippen molar-refractivity contribution < 1.29 is 0 Å². The Morgan fingerprint density at radius 3 is 1.40 bits per heavy atom. The average Bonchev–Trinajstić information content (AvgIpc) is 3.83. The molecule has 0 bridgehead atoms. The molecule has 0 saturated carbocycles. The highest BCUT2D eigenvalue weighted by molar-refractivity contribution is 6.32. The van der Waals surface area contributed by atoms with Crippen LogP contribution in [0.3, 0.4) is 0 Å². The number of hydrogen-bond donors (Lipinski definition) is 0. The highest BCUT2D eigenvalue weighted by atomic mass is 15.0. The Balaban J connectivity index is 1.10. The third-order valence-corrected chi connectivity index (χ3v) is 11.5. The molecule has 0 atom stereocenters. The van der Waals surface area contributed by atoms with Crippen LogP contribution < -0.4 is 0 Å². The number of para-hydroxylation sites is 3. The molecule has 3 heterocycles. The number of fused-ring (bicyclic) bond motifs is 11. The van der Waals surface area contributed by atoms with Crippen LogP contribution >= 0.6 is 0 Å². The second-order valence-electron chi connectivity index (χ2n) is 14.8. The Morgan fingerprint density at radius 2 is 0.724 bits per heavy atom. The third kappa shape index (κ3) is 4.93. The lowest BCUT2D eigenvalue weighted by molar-refractivity contribution is 1.07. The lowest BCUT2D eigenvalue weighted by Gasteiger charge is -2.12. The Hall–Kier alpha value is -7.89. The van der Waals surface area contributed by atoms with Crippen LogP contribution in [0.1, 0.15) is 0 Å². The molecule has 58 heavy (non-hydrogen) atoms. The summed E-state index contributed by atoms with van der Waals surface area (Å²) in [7, 11) is 0. The van der Waals surface area contributed by atoms with Gasteiger partial charge in [-0.2, -0.15) is 0 Å². The maximum absolute atomic E-state index is 5.05. The zero-order valence-electron chi connectivity index (χ0n) is 31.3. The second-order valence-corrected chi connectivity index (χ2v) is 14.8. The van der Waals surface area contributed by atoms with Crippen molar-refractivity contribution in [2.45, 2.75) is 0 Å². The lowest BCUT2D eigenvalue weighted by Crippen LogP contribution is -2.01. The van der Waals surface area contributed by atoms with Crippen molar-refractivity contribution in [2.75, 3.05) is 0 Å². The summed E-state index contributed by atoms with van der Waals surface area (Å²) in [5.41, 5.74) is 9.72. The van der Waals surface area contributed by atoms with Crippen LogP contribution in [0.15, 0.2) is 200 Å². The number of rotatable bonds is 5. The molecule has 0 fully saturated rings. The van der Waals surface area contributed by atoms with Crippen LogP contribution in [-0.2, 0) is 0 Å². The molecule has 0 aliphatic carbocycles. The van der Waals surface area contributed by atoms with Crippen molar-refractivity contribution in [1.82, 2.24) is 24.1 Å². The molecule has 0 radical (unpaired) electrons. The monoisotopic (exact) mass is 739 g/mol. The van der Waals surface area contributed by atoms with Gasteiger partial charge in [-0.3, -0.25) is 0 Å². The molecule has 0 spiro atoms. The SMILES string of the molecule is c1ccc(-c2nc(-c3ccccc3)nc(-c3cccc(-n4c5ccccc5c5c6ccc7ccc8c(c9ccccc9n8-c8ccccc8)c7c6ccc54)c3)n2)cc1. The summed E-state index contributed by atoms with van der Waals surface area (Å²) in [6.45, 7) is 0. The second kappa shape index (κ2) is 12.8. The minimum absolute atomic E-state index is 0.630. The van der Waals surface area contributed by atoms with E-state index in [2.05, 4.69) is 149 Å². The molecule has 0 unspecified atom stereocenters. The molecule has 5 nitrogen and oxygen atoms in total. The van der Waals surface area contributed by atoms with Crippen LogP contribution in [0.25, 0.3) is 111 Å². The van der Waals surface area contributed by atoms with Gasteiger partial charge < -0.3 is 9.13 Å². The zero-order valence-corrected chi connectivity index (χ0v) is 31.3. The van der Waals surface area contributed by atoms with Gasteiger partial charge in [-0.1, -0.05) is 152 Å². The topological polar surface area (TPSA) is 48.5 Å². The van der Waals surface area contributed by atoms with E-state index in [1.54, 1.807) is 0 Å². The Kier molecular flexibility index (Phi) is 7.16. The van der Waals surface area contributed by atoms with E-state index in [0.29, 0.717) is 17.5 Å². The van der Waals surface area contributed by atoms with Gasteiger partial charge in [0.05, 0.1) is 22.1 Å². The Bertz CT molecular complexity index is 3490. The summed E-state index contributed by atoms with van der Waals surface area (Å²) >= 11 is 0. The van der Waals surface area contributed by atoms with E-state index in [1.807, 2.05) is 60.7 Å². The molecule has 9 aromatic carbocycles. The minimum Gasteiger partial charge on any atom is -0.309 e. The zero-order chi connectivity index (χ0) is 38.2. The van der Waals surface area contributed by atoms with E-state index in [1.165, 1.54) is 54.1 Å². The normalized spacial score (nSPS) is 11.8. The predicted octanol–water partition coefficient (Wildman–Crippen LogP) is 13.4. The van der Waals surface area contributed by atoms with Gasteiger partial charge in [-0.05, 0) is 70.1 Å². The molecule has 5 heteroatoms. The number of hydrogen-bond acceptors (Lipinski definition) is 3. The summed E-state index contributed by atoms with van der Waals surface area (Å²) in [6, 6.07) is 70.9. The standard InChI is InChI=1S/C53H33N5/c1-4-15-35(16-5-1)51-54-52(36-17-6-2-7-18-36)56-53(55-51)37-19-14-22-39(33-37)58-44-25-12-10-23-42(44)49-41-29-27-34-28-31-47-50(48(34)40(41)30-32-46(49)58)43-24-11-13-26-45(43)57(47)38-20-8-3-9-21-38/h1-33H. The molecular formula is C53H33N5. The smallest absolute Gasteiger partial charge is 0.164 e. The van der Waals surface area contributed by atoms with Gasteiger partial charge in [0, 0.05) is 49.6 Å². The largest absolute Gasteiger partial charge is 0.309 e. The number of benzene rings is 9. The van der Waals surface area contributed by atoms with E-state index in [0.717, 1.165) is 39.1 Å². The molecule has 12 rings (SSSR count). The molecule has 3 aromatic heterocycles. The fraction of sp³-hybridized carbons (Fsp3) is 0. The van der Waals surface area contributed by atoms with Gasteiger partial charge in [0.15, 0.2) is 17.5 Å². The summed E-state index contributed by atoms with van der Waals surface area (Å²) < 4.78 is 4.79. The van der Waals surface area contributed by atoms with Crippen molar-refractivity contribution in [3.63, 3.8) is 0 Å². The van der Waals surface area contributed by atoms with Crippen molar-refractivity contribution >= 4 is 65.2 Å². The minimum atomic E-state index is 0.630. The maximum atomic E-state index is 5.05. The highest BCUT2D eigenvalue weighted by Gasteiger charge is 2.20. The average molecular weight is 740 g/mol. The van der Waals surface area contributed by atoms with Crippen molar-refractivity contribution in [3.8, 4) is 45.5 Å².